The van der Waals surface area contributed by atoms with E-state index in [0.717, 1.165) is 42.2 Å². The Morgan fingerprint density at radius 1 is 0.747 bits per heavy atom. The number of methoxy groups -OCH3 is 2. The molecule has 430 valence electrons. The van der Waals surface area contributed by atoms with E-state index >= 15 is 0 Å². The monoisotopic (exact) mass is 1200 g/mol. The molecule has 0 amide bonds. The van der Waals surface area contributed by atoms with Gasteiger partial charge in [0.25, 0.3) is 17.1 Å². The number of anilines is 2. The molecule has 1 aromatic carbocycles. The van der Waals surface area contributed by atoms with Crippen LogP contribution in [0.2, 0.25) is 0 Å². The normalized spacial score (nSPS) is 29.4. The number of nitrogens with zero attached hydrogens (tertiary/aromatic N) is 8. The first-order valence-electron chi connectivity index (χ1n) is 23.1. The molecule has 3 aliphatic rings. The van der Waals surface area contributed by atoms with E-state index in [-0.39, 0.29) is 47.2 Å². The van der Waals surface area contributed by atoms with E-state index in [1.807, 2.05) is 4.98 Å². The largest absolute Gasteiger partial charge is 0.490 e. The van der Waals surface area contributed by atoms with E-state index in [4.69, 9.17) is 48.7 Å². The standard InChI is InChI=1S/C39H50N12O24P4/c1-66-11-19-20(71-35(26(19)53)51-17-48(10-18-6-4-3-5-7-18)25-33(51)46-38(41)47-34(25)56)12-69-77(60,61)74-79(64,65)75-78(62,63)70-14-22-30(29(67-2)37(73-22)50-16-44-24-31(40)42-15-43-32(24)50)76(58,59)68-13-21-27(54)28(55)36(72-21)49-9-8-23(52)45-39(49)57/h3-9,15-17,19-22,26-30,35-37,53-55H,10-14H2,1-2H3,(H9-,40,41,42,43,45,46,47,52,56,57,58,59,60,61,62,63,64,65)/p+1/t19-,20-,21-,22-,26-,27-,28-,29-,30-,35-,36-,37-/m1/s1. The van der Waals surface area contributed by atoms with E-state index < -0.39 is 141 Å². The molecule has 9 rings (SSSR count). The average molecular weight is 1200 g/mol. The van der Waals surface area contributed by atoms with E-state index in [9.17, 15) is 67.5 Å². The highest BCUT2D eigenvalue weighted by Crippen LogP contribution is 2.68. The Morgan fingerprint density at radius 3 is 2.09 bits per heavy atom. The Hall–Kier alpha value is -5.36. The van der Waals surface area contributed by atoms with Gasteiger partial charge in [0.1, 0.15) is 54.1 Å². The van der Waals surface area contributed by atoms with Gasteiger partial charge >= 0.3 is 42.4 Å². The summed E-state index contributed by atoms with van der Waals surface area (Å²) < 4.78 is 111. The fourth-order valence-electron chi connectivity index (χ4n) is 9.28. The lowest BCUT2D eigenvalue weighted by atomic mass is 9.99. The zero-order chi connectivity index (χ0) is 56.9. The number of fused-ring (bicyclic) bond motifs is 2. The quantitative estimate of drug-likeness (QED) is 0.0249. The highest BCUT2D eigenvalue weighted by atomic mass is 31.3. The number of phosphoric ester groups is 2. The molecule has 16 atom stereocenters. The van der Waals surface area contributed by atoms with E-state index in [2.05, 4.69) is 33.5 Å². The molecular weight excluding hydrogens is 1140 g/mol. The minimum atomic E-state index is -6.22. The molecule has 13 N–H and O–H groups in total. The van der Waals surface area contributed by atoms with Crippen LogP contribution in [-0.2, 0) is 70.7 Å². The lowest BCUT2D eigenvalue weighted by Crippen LogP contribution is -2.45. The summed E-state index contributed by atoms with van der Waals surface area (Å²) in [6.45, 7) is -3.39. The molecule has 0 saturated carbocycles. The maximum Gasteiger partial charge on any atom is 0.490 e. The molecule has 40 heteroatoms. The third kappa shape index (κ3) is 12.3. The van der Waals surface area contributed by atoms with Crippen molar-refractivity contribution in [3.8, 4) is 0 Å². The van der Waals surface area contributed by atoms with Crippen molar-refractivity contribution in [2.75, 3.05) is 52.1 Å². The van der Waals surface area contributed by atoms with Gasteiger partial charge in [-0.25, -0.2) is 38.0 Å². The van der Waals surface area contributed by atoms with Crippen LogP contribution in [0.3, 0.4) is 0 Å². The highest BCUT2D eigenvalue weighted by Gasteiger charge is 2.58. The molecule has 0 spiro atoms. The van der Waals surface area contributed by atoms with Crippen LogP contribution in [0, 0.1) is 5.92 Å². The first kappa shape index (κ1) is 58.3. The van der Waals surface area contributed by atoms with Crippen molar-refractivity contribution < 1.29 is 104 Å². The number of ether oxygens (including phenoxy) is 5. The summed E-state index contributed by atoms with van der Waals surface area (Å²) in [5.41, 5.74) is 8.21. The second kappa shape index (κ2) is 22.9. The SMILES string of the molecule is COC[C@H]1[C@@H](O)[C@H]([n+]2cn(Cc3ccccc3)c3c(=O)[nH]c(N)nc32)O[C@@H]1COP(=O)(O)OP(=O)(O)OP(=O)(O)OC[C@H]1O[C@@H](n2cnc3c(N)ncnc32)[C@H](OC)[C@@H]1P(=O)(O)OC[C@H]1O[C@@H](n2ccc(=O)[nH]c2=O)[C@H](O)[C@@H]1O. The molecule has 3 saturated heterocycles. The number of benzene rings is 1. The predicted octanol–water partition coefficient (Wildman–Crippen LogP) is -2.39. The number of aromatic amines is 2. The molecule has 5 aromatic heterocycles. The number of aliphatic hydroxyl groups excluding tert-OH is 3. The van der Waals surface area contributed by atoms with Crippen molar-refractivity contribution in [3.63, 3.8) is 0 Å². The van der Waals surface area contributed by atoms with Gasteiger partial charge in [-0.05, 0) is 5.56 Å². The molecule has 4 unspecified atom stereocenters. The Labute approximate surface area is 441 Å². The van der Waals surface area contributed by atoms with Crippen LogP contribution in [0.15, 0.2) is 76.0 Å². The minimum Gasteiger partial charge on any atom is -0.387 e. The van der Waals surface area contributed by atoms with Crippen molar-refractivity contribution in [1.82, 2.24) is 43.6 Å². The number of H-pyrrole nitrogens is 2. The Kier molecular flexibility index (Phi) is 16.9. The van der Waals surface area contributed by atoms with Gasteiger partial charge in [-0.15, -0.1) is 0 Å². The highest BCUT2D eigenvalue weighted by molar-refractivity contribution is 7.66. The van der Waals surface area contributed by atoms with Crippen molar-refractivity contribution >= 4 is 65.2 Å². The van der Waals surface area contributed by atoms with Crippen molar-refractivity contribution in [3.05, 3.63) is 98.3 Å². The summed E-state index contributed by atoms with van der Waals surface area (Å²) in [5.74, 6) is -1.44. The number of rotatable bonds is 22. The first-order valence-corrected chi connectivity index (χ1v) is 29.2. The Bertz CT molecular complexity index is 3590. The van der Waals surface area contributed by atoms with Crippen LogP contribution < -0.4 is 32.8 Å². The van der Waals surface area contributed by atoms with Gasteiger partial charge in [-0.3, -0.25) is 46.9 Å². The maximum absolute atomic E-state index is 14.3. The van der Waals surface area contributed by atoms with Gasteiger partial charge in [0, 0.05) is 32.4 Å². The summed E-state index contributed by atoms with van der Waals surface area (Å²) >= 11 is 0. The number of nitrogen functional groups attached to an aromatic ring is 2. The number of nitrogens with one attached hydrogen (secondary N) is 2. The van der Waals surface area contributed by atoms with Crippen LogP contribution in [-0.4, -0.2) is 168 Å². The summed E-state index contributed by atoms with van der Waals surface area (Å²) in [6, 6.07) is 9.90. The maximum atomic E-state index is 14.3. The van der Waals surface area contributed by atoms with Crippen LogP contribution in [0.4, 0.5) is 11.8 Å². The number of hydrogen-bond acceptors (Lipinski definition) is 26. The number of phosphoric acid groups is 3. The second-order valence-electron chi connectivity index (χ2n) is 17.9. The Morgan fingerprint density at radius 2 is 1.42 bits per heavy atom. The summed E-state index contributed by atoms with van der Waals surface area (Å²) in [7, 11) is -21.0. The molecule has 0 aliphatic carbocycles. The lowest BCUT2D eigenvalue weighted by Gasteiger charge is -2.28. The number of aliphatic hydroxyl groups is 3. The van der Waals surface area contributed by atoms with Gasteiger partial charge in [0.05, 0.1) is 45.4 Å². The molecular formula is C39H51N12O24P4+. The first-order chi connectivity index (χ1) is 37.3. The van der Waals surface area contributed by atoms with Crippen LogP contribution in [0.25, 0.3) is 22.3 Å². The molecule has 8 heterocycles. The number of imidazole rings is 2. The molecule has 6 aromatic rings. The van der Waals surface area contributed by atoms with E-state index in [0.29, 0.717) is 0 Å². The smallest absolute Gasteiger partial charge is 0.387 e. The third-order valence-electron chi connectivity index (χ3n) is 12.8. The minimum absolute atomic E-state index is 0.00842. The van der Waals surface area contributed by atoms with E-state index in [1.165, 1.54) is 27.1 Å². The second-order valence-corrected chi connectivity index (χ2v) is 24.5. The fraction of sp³-hybridized carbons (Fsp3) is 0.487. The number of nitrogens with two attached hydrogens (primary N) is 2. The molecule has 0 bridgehead atoms. The number of aromatic nitrogens is 10. The van der Waals surface area contributed by atoms with Crippen molar-refractivity contribution in [2.24, 2.45) is 5.92 Å². The molecule has 36 nitrogen and oxygen atoms in total. The van der Waals surface area contributed by atoms with E-state index in [1.54, 1.807) is 30.3 Å². The van der Waals surface area contributed by atoms with Crippen LogP contribution in [0.1, 0.15) is 24.2 Å². The van der Waals surface area contributed by atoms with Gasteiger partial charge < -0.3 is 74.6 Å². The fourth-order valence-corrected chi connectivity index (χ4v) is 14.5. The molecule has 3 fully saturated rings. The topological polar surface area (TPSA) is 507 Å². The zero-order valence-corrected chi connectivity index (χ0v) is 44.4. The van der Waals surface area contributed by atoms with Crippen LogP contribution in [0.5, 0.6) is 0 Å². The predicted molar refractivity (Wildman–Crippen MR) is 261 cm³/mol. The summed E-state index contributed by atoms with van der Waals surface area (Å²) in [4.78, 5) is 101. The van der Waals surface area contributed by atoms with Crippen LogP contribution >= 0.6 is 31.1 Å². The lowest BCUT2D eigenvalue weighted by molar-refractivity contribution is -0.746. The molecule has 79 heavy (non-hydrogen) atoms. The summed E-state index contributed by atoms with van der Waals surface area (Å²) in [6.07, 6.45) is -11.7. The Balaban J connectivity index is 0.884. The number of hydrogen-bond donors (Lipinski definition) is 11. The average Bonchev–Trinajstić information content (AvgIpc) is 4.39. The van der Waals surface area contributed by atoms with Crippen molar-refractivity contribution in [1.29, 1.82) is 0 Å². The van der Waals surface area contributed by atoms with Gasteiger partial charge in [0.2, 0.25) is 11.7 Å². The van der Waals surface area contributed by atoms with Gasteiger partial charge in [-0.2, -0.15) is 8.62 Å². The third-order valence-corrected chi connectivity index (χ3v) is 18.9. The van der Waals surface area contributed by atoms with Crippen molar-refractivity contribution in [2.45, 2.75) is 73.6 Å². The molecule has 3 aliphatic heterocycles. The summed E-state index contributed by atoms with van der Waals surface area (Å²) in [5, 5.41) is 33.1. The molecule has 0 radical (unpaired) electrons. The van der Waals surface area contributed by atoms with Gasteiger partial charge in [-0.1, -0.05) is 35.3 Å². The zero-order valence-electron chi connectivity index (χ0n) is 40.8. The van der Waals surface area contributed by atoms with Gasteiger partial charge in [0.15, 0.2) is 30.2 Å².